The van der Waals surface area contributed by atoms with Crippen molar-refractivity contribution >= 4 is 29.3 Å². The lowest BCUT2D eigenvalue weighted by atomic mass is 9.99. The van der Waals surface area contributed by atoms with Crippen LogP contribution in [0.25, 0.3) is 0 Å². The van der Waals surface area contributed by atoms with Crippen LogP contribution in [0.15, 0.2) is 23.4 Å². The molecule has 6 heteroatoms. The molecule has 0 amide bonds. The monoisotopic (exact) mass is 314 g/mol. The molecule has 1 aliphatic carbocycles. The van der Waals surface area contributed by atoms with Crippen molar-refractivity contribution in [2.75, 3.05) is 12.9 Å². The Hall–Kier alpha value is -0.780. The molecule has 1 aliphatic rings. The van der Waals surface area contributed by atoms with E-state index >= 15 is 0 Å². The molecule has 1 unspecified atom stereocenters. The predicted molar refractivity (Wildman–Crippen MR) is 81.2 cm³/mol. The zero-order valence-electron chi connectivity index (χ0n) is 11.7. The zero-order chi connectivity index (χ0) is 14.6. The van der Waals surface area contributed by atoms with Gasteiger partial charge in [-0.05, 0) is 38.3 Å². The molecule has 1 N–H and O–H groups in total. The minimum absolute atomic E-state index is 0.211. The van der Waals surface area contributed by atoms with Crippen LogP contribution in [-0.2, 0) is 9.53 Å². The molecule has 1 fully saturated rings. The highest BCUT2D eigenvalue weighted by Gasteiger charge is 2.38. The summed E-state index contributed by atoms with van der Waals surface area (Å²) in [6, 6.07) is 4.07. The van der Waals surface area contributed by atoms with Crippen LogP contribution in [0.5, 0.6) is 0 Å². The molecule has 1 aromatic rings. The number of nitrogens with one attached hydrogen (secondary N) is 1. The van der Waals surface area contributed by atoms with Crippen LogP contribution in [-0.4, -0.2) is 35.4 Å². The lowest BCUT2D eigenvalue weighted by Crippen LogP contribution is -2.51. The van der Waals surface area contributed by atoms with E-state index in [1.54, 1.807) is 24.0 Å². The molecule has 0 radical (unpaired) electrons. The Morgan fingerprint density at radius 2 is 2.40 bits per heavy atom. The van der Waals surface area contributed by atoms with Crippen molar-refractivity contribution < 1.29 is 9.53 Å². The van der Waals surface area contributed by atoms with E-state index in [0.717, 1.165) is 23.6 Å². The van der Waals surface area contributed by atoms with Gasteiger partial charge in [-0.3, -0.25) is 10.1 Å². The number of aromatic nitrogens is 1. The molecule has 0 bridgehead atoms. The number of carbonyl (C=O) groups excluding carboxylic acids is 1. The molecule has 0 spiro atoms. The number of ether oxygens (including phenoxy) is 1. The molecule has 4 nitrogen and oxygen atoms in total. The molecule has 1 heterocycles. The quantitative estimate of drug-likeness (QED) is 0.619. The average molecular weight is 315 g/mol. The van der Waals surface area contributed by atoms with Crippen molar-refractivity contribution in [3.63, 3.8) is 0 Å². The van der Waals surface area contributed by atoms with Gasteiger partial charge >= 0.3 is 5.97 Å². The lowest BCUT2D eigenvalue weighted by molar-refractivity contribution is -0.148. The Morgan fingerprint density at radius 1 is 1.65 bits per heavy atom. The second kappa shape index (κ2) is 6.78. The van der Waals surface area contributed by atoms with E-state index in [2.05, 4.69) is 10.3 Å². The van der Waals surface area contributed by atoms with Gasteiger partial charge in [0.15, 0.2) is 0 Å². The second-order valence-corrected chi connectivity index (χ2v) is 6.62. The maximum absolute atomic E-state index is 12.0. The molecule has 0 aromatic carbocycles. The number of nitrogens with zero attached hydrogens (tertiary/aromatic N) is 1. The summed E-state index contributed by atoms with van der Waals surface area (Å²) >= 11 is 7.63. The number of carbonyl (C=O) groups is 1. The SMILES string of the molecule is COC(=O)C(C)(CCSc1ncccc1Cl)NC1CC1. The van der Waals surface area contributed by atoms with E-state index in [9.17, 15) is 4.79 Å². The first-order chi connectivity index (χ1) is 9.55. The van der Waals surface area contributed by atoms with Gasteiger partial charge in [-0.1, -0.05) is 11.6 Å². The topological polar surface area (TPSA) is 51.2 Å². The Bertz CT molecular complexity index is 482. The third-order valence-electron chi connectivity index (χ3n) is 3.30. The van der Waals surface area contributed by atoms with Gasteiger partial charge in [-0.25, -0.2) is 4.98 Å². The summed E-state index contributed by atoms with van der Waals surface area (Å²) in [5.41, 5.74) is -0.635. The molecule has 2 rings (SSSR count). The molecular weight excluding hydrogens is 296 g/mol. The van der Waals surface area contributed by atoms with Crippen LogP contribution < -0.4 is 5.32 Å². The maximum Gasteiger partial charge on any atom is 0.325 e. The van der Waals surface area contributed by atoms with Gasteiger partial charge in [-0.15, -0.1) is 11.8 Å². The van der Waals surface area contributed by atoms with E-state index in [1.807, 2.05) is 13.0 Å². The fourth-order valence-electron chi connectivity index (χ4n) is 1.97. The van der Waals surface area contributed by atoms with E-state index in [4.69, 9.17) is 16.3 Å². The number of pyridine rings is 1. The third-order valence-corrected chi connectivity index (χ3v) is 4.73. The summed E-state index contributed by atoms with van der Waals surface area (Å²) in [7, 11) is 1.43. The van der Waals surface area contributed by atoms with Gasteiger partial charge < -0.3 is 4.74 Å². The first-order valence-corrected chi connectivity index (χ1v) is 8.01. The van der Waals surface area contributed by atoms with Crippen LogP contribution in [0, 0.1) is 0 Å². The minimum atomic E-state index is -0.635. The molecule has 0 aliphatic heterocycles. The van der Waals surface area contributed by atoms with E-state index < -0.39 is 5.54 Å². The van der Waals surface area contributed by atoms with Crippen LogP contribution in [0.1, 0.15) is 26.2 Å². The fourth-order valence-corrected chi connectivity index (χ4v) is 3.30. The molecule has 110 valence electrons. The summed E-state index contributed by atoms with van der Waals surface area (Å²) in [6.07, 6.45) is 4.65. The third kappa shape index (κ3) is 4.11. The highest BCUT2D eigenvalue weighted by Crippen LogP contribution is 2.29. The van der Waals surface area contributed by atoms with Crippen molar-refractivity contribution in [3.05, 3.63) is 23.4 Å². The normalized spacial score (nSPS) is 17.6. The summed E-state index contributed by atoms with van der Waals surface area (Å²) in [5, 5.41) is 4.82. The largest absolute Gasteiger partial charge is 0.468 e. The number of rotatable bonds is 7. The maximum atomic E-state index is 12.0. The Kier molecular flexibility index (Phi) is 5.29. The van der Waals surface area contributed by atoms with Gasteiger partial charge in [0.2, 0.25) is 0 Å². The second-order valence-electron chi connectivity index (χ2n) is 5.13. The summed E-state index contributed by atoms with van der Waals surface area (Å²) in [4.78, 5) is 16.2. The Morgan fingerprint density at radius 3 is 3.00 bits per heavy atom. The van der Waals surface area contributed by atoms with Gasteiger partial charge in [0, 0.05) is 18.0 Å². The number of thioether (sulfide) groups is 1. The Labute approximate surface area is 128 Å². The predicted octanol–water partition coefficient (Wildman–Crippen LogP) is 2.90. The molecule has 20 heavy (non-hydrogen) atoms. The molecule has 1 saturated carbocycles. The Balaban J connectivity index is 1.91. The standard InChI is InChI=1S/C14H19ClN2O2S/c1-14(13(18)19-2,17-10-5-6-10)7-9-20-12-11(15)4-3-8-16-12/h3-4,8,10,17H,5-7,9H2,1-2H3. The van der Waals surface area contributed by atoms with E-state index in [-0.39, 0.29) is 5.97 Å². The smallest absolute Gasteiger partial charge is 0.325 e. The van der Waals surface area contributed by atoms with Crippen molar-refractivity contribution in [2.24, 2.45) is 0 Å². The first-order valence-electron chi connectivity index (χ1n) is 6.64. The summed E-state index contributed by atoms with van der Waals surface area (Å²) in [5.74, 6) is 0.541. The zero-order valence-corrected chi connectivity index (χ0v) is 13.3. The van der Waals surface area contributed by atoms with Crippen molar-refractivity contribution in [2.45, 2.75) is 42.8 Å². The highest BCUT2D eigenvalue weighted by atomic mass is 35.5. The van der Waals surface area contributed by atoms with E-state index in [1.165, 1.54) is 7.11 Å². The summed E-state index contributed by atoms with van der Waals surface area (Å²) < 4.78 is 4.92. The molecule has 1 aromatic heterocycles. The number of methoxy groups -OCH3 is 1. The van der Waals surface area contributed by atoms with Crippen molar-refractivity contribution in [3.8, 4) is 0 Å². The van der Waals surface area contributed by atoms with E-state index in [0.29, 0.717) is 17.5 Å². The average Bonchev–Trinajstić information content (AvgIpc) is 3.23. The lowest BCUT2D eigenvalue weighted by Gasteiger charge is -2.28. The van der Waals surface area contributed by atoms with Crippen molar-refractivity contribution in [1.82, 2.24) is 10.3 Å². The van der Waals surface area contributed by atoms with Crippen LogP contribution in [0.2, 0.25) is 5.02 Å². The van der Waals surface area contributed by atoms with Gasteiger partial charge in [0.05, 0.1) is 12.1 Å². The van der Waals surface area contributed by atoms with Crippen molar-refractivity contribution in [1.29, 1.82) is 0 Å². The molecule has 0 saturated heterocycles. The van der Waals surface area contributed by atoms with Gasteiger partial charge in [-0.2, -0.15) is 0 Å². The fraction of sp³-hybridized carbons (Fsp3) is 0.571. The number of esters is 1. The first kappa shape index (κ1) is 15.6. The molecule has 1 atom stereocenters. The minimum Gasteiger partial charge on any atom is -0.468 e. The van der Waals surface area contributed by atoms with Crippen LogP contribution in [0.4, 0.5) is 0 Å². The number of hydrogen-bond acceptors (Lipinski definition) is 5. The van der Waals surface area contributed by atoms with Gasteiger partial charge in [0.25, 0.3) is 0 Å². The highest BCUT2D eigenvalue weighted by molar-refractivity contribution is 7.99. The number of halogens is 1. The van der Waals surface area contributed by atoms with Gasteiger partial charge in [0.1, 0.15) is 10.6 Å². The summed E-state index contributed by atoms with van der Waals surface area (Å²) in [6.45, 7) is 1.90. The number of hydrogen-bond donors (Lipinski definition) is 1. The molecular formula is C14H19ClN2O2S. The van der Waals surface area contributed by atoms with Crippen LogP contribution in [0.3, 0.4) is 0 Å². The van der Waals surface area contributed by atoms with Crippen LogP contribution >= 0.6 is 23.4 Å².